The van der Waals surface area contributed by atoms with Gasteiger partial charge in [0.1, 0.15) is 0 Å². The summed E-state index contributed by atoms with van der Waals surface area (Å²) in [6.07, 6.45) is 4.83. The molecule has 1 atom stereocenters. The average molecular weight is 418 g/mol. The number of rotatable bonds is 8. The average Bonchev–Trinajstić information content (AvgIpc) is 2.60. The number of hydrogen-bond donors (Lipinski definition) is 4. The van der Waals surface area contributed by atoms with Gasteiger partial charge in [-0.3, -0.25) is 21.0 Å². The van der Waals surface area contributed by atoms with Crippen LogP contribution in [0.5, 0.6) is 0 Å². The summed E-state index contributed by atoms with van der Waals surface area (Å²) in [7, 11) is 0. The lowest BCUT2D eigenvalue weighted by Crippen LogP contribution is -2.48. The molecule has 0 fully saturated rings. The number of hydrazine groups is 1. The largest absolute Gasteiger partial charge is 0.361 e. The zero-order chi connectivity index (χ0) is 19.5. The van der Waals surface area contributed by atoms with Crippen LogP contribution in [0.15, 0.2) is 18.2 Å². The third-order valence-electron chi connectivity index (χ3n) is 3.61. The molecule has 0 unspecified atom stereocenters. The van der Waals surface area contributed by atoms with Crippen LogP contribution in [-0.4, -0.2) is 21.7 Å². The maximum Gasteiger partial charge on any atom is 0.271 e. The van der Waals surface area contributed by atoms with Crippen molar-refractivity contribution in [3.63, 3.8) is 0 Å². The molecule has 4 N–H and O–H groups in total. The van der Waals surface area contributed by atoms with Gasteiger partial charge in [0.25, 0.3) is 5.69 Å². The van der Waals surface area contributed by atoms with E-state index in [-0.39, 0.29) is 10.8 Å². The predicted molar refractivity (Wildman–Crippen MR) is 115 cm³/mol. The Balaban J connectivity index is 2.37. The molecule has 10 heteroatoms. The number of nitrogens with zero attached hydrogens (tertiary/aromatic N) is 1. The first-order valence-corrected chi connectivity index (χ1v) is 9.57. The Morgan fingerprint density at radius 3 is 2.62 bits per heavy atom. The quantitative estimate of drug-likeness (QED) is 0.217. The summed E-state index contributed by atoms with van der Waals surface area (Å²) in [5.74, 6) is 0.523. The summed E-state index contributed by atoms with van der Waals surface area (Å²) in [6.45, 7) is 5.13. The van der Waals surface area contributed by atoms with E-state index < -0.39 is 4.92 Å². The zero-order valence-electron chi connectivity index (χ0n) is 14.8. The predicted octanol–water partition coefficient (Wildman–Crippen LogP) is 4.13. The lowest BCUT2D eigenvalue weighted by atomic mass is 10.0. The smallest absolute Gasteiger partial charge is 0.271 e. The van der Waals surface area contributed by atoms with Crippen molar-refractivity contribution in [1.82, 2.24) is 16.2 Å². The van der Waals surface area contributed by atoms with Gasteiger partial charge in [0.05, 0.1) is 15.6 Å². The lowest BCUT2D eigenvalue weighted by Gasteiger charge is -2.17. The number of nitro groups is 1. The molecule has 0 aliphatic carbocycles. The number of anilines is 1. The Bertz CT molecular complexity index is 645. The molecule has 1 rings (SSSR count). The molecule has 0 amide bonds. The number of halogens is 1. The minimum atomic E-state index is -0.503. The summed E-state index contributed by atoms with van der Waals surface area (Å²) < 4.78 is 0. The molecule has 1 aromatic rings. The number of nitro benzene ring substituents is 1. The summed E-state index contributed by atoms with van der Waals surface area (Å²) in [5.41, 5.74) is 5.75. The first-order chi connectivity index (χ1) is 12.3. The molecule has 0 aromatic heterocycles. The van der Waals surface area contributed by atoms with Crippen LogP contribution in [0.25, 0.3) is 0 Å². The number of non-ortho nitro benzene ring substituents is 1. The third-order valence-corrected chi connectivity index (χ3v) is 4.39. The van der Waals surface area contributed by atoms with Gasteiger partial charge in [-0.15, -0.1) is 0 Å². The molecule has 144 valence electrons. The van der Waals surface area contributed by atoms with Crippen molar-refractivity contribution in [3.8, 4) is 0 Å². The third kappa shape index (κ3) is 8.59. The molecule has 0 heterocycles. The van der Waals surface area contributed by atoms with E-state index in [1.54, 1.807) is 0 Å². The van der Waals surface area contributed by atoms with Crippen molar-refractivity contribution in [1.29, 1.82) is 0 Å². The Morgan fingerprint density at radius 1 is 1.27 bits per heavy atom. The van der Waals surface area contributed by atoms with Gasteiger partial charge >= 0.3 is 0 Å². The van der Waals surface area contributed by atoms with Gasteiger partial charge in [-0.25, -0.2) is 0 Å². The number of benzene rings is 1. The Kier molecular flexibility index (Phi) is 10.2. The van der Waals surface area contributed by atoms with Crippen molar-refractivity contribution in [2.75, 3.05) is 11.9 Å². The maximum absolute atomic E-state index is 10.8. The van der Waals surface area contributed by atoms with Crippen molar-refractivity contribution >= 4 is 57.6 Å². The second-order valence-electron chi connectivity index (χ2n) is 5.94. The first-order valence-electron chi connectivity index (χ1n) is 8.38. The van der Waals surface area contributed by atoms with Gasteiger partial charge in [-0.1, -0.05) is 44.7 Å². The second-order valence-corrected chi connectivity index (χ2v) is 7.16. The maximum atomic E-state index is 10.8. The molecule has 1 aromatic carbocycles. The molecule has 0 saturated heterocycles. The molecular weight excluding hydrogens is 394 g/mol. The molecule has 0 aliphatic rings. The summed E-state index contributed by atoms with van der Waals surface area (Å²) in [6, 6.07) is 4.07. The normalized spacial score (nSPS) is 11.3. The van der Waals surface area contributed by atoms with Gasteiger partial charge < -0.3 is 10.6 Å². The highest BCUT2D eigenvalue weighted by Crippen LogP contribution is 2.26. The van der Waals surface area contributed by atoms with E-state index in [0.29, 0.717) is 21.7 Å². The van der Waals surface area contributed by atoms with Gasteiger partial charge in [0.15, 0.2) is 10.2 Å². The van der Waals surface area contributed by atoms with E-state index in [2.05, 4.69) is 35.3 Å². The Hall–Kier alpha value is -1.71. The van der Waals surface area contributed by atoms with E-state index in [4.69, 9.17) is 36.0 Å². The second kappa shape index (κ2) is 11.8. The SMILES string of the molecule is CCCCC[C@H](C)CNC(=S)NNC(=S)Nc1cc([N+](=O)[O-])ccc1Cl. The van der Waals surface area contributed by atoms with Gasteiger partial charge in [0, 0.05) is 18.7 Å². The van der Waals surface area contributed by atoms with Crippen LogP contribution in [0.3, 0.4) is 0 Å². The monoisotopic (exact) mass is 417 g/mol. The minimum absolute atomic E-state index is 0.0816. The highest BCUT2D eigenvalue weighted by atomic mass is 35.5. The van der Waals surface area contributed by atoms with Crippen molar-refractivity contribution in [2.45, 2.75) is 39.5 Å². The molecule has 26 heavy (non-hydrogen) atoms. The van der Waals surface area contributed by atoms with Crippen LogP contribution in [0, 0.1) is 16.0 Å². The Morgan fingerprint density at radius 2 is 1.96 bits per heavy atom. The van der Waals surface area contributed by atoms with Crippen LogP contribution in [0.4, 0.5) is 11.4 Å². The first kappa shape index (κ1) is 22.3. The Labute approximate surface area is 169 Å². The van der Waals surface area contributed by atoms with Gasteiger partial charge in [0.2, 0.25) is 0 Å². The van der Waals surface area contributed by atoms with Crippen LogP contribution >= 0.6 is 36.0 Å². The fourth-order valence-electron chi connectivity index (χ4n) is 2.15. The molecule has 0 radical (unpaired) electrons. The van der Waals surface area contributed by atoms with Crippen LogP contribution < -0.4 is 21.5 Å². The van der Waals surface area contributed by atoms with E-state index in [9.17, 15) is 10.1 Å². The topological polar surface area (TPSA) is 91.3 Å². The number of hydrogen-bond acceptors (Lipinski definition) is 4. The number of unbranched alkanes of at least 4 members (excludes halogenated alkanes) is 2. The minimum Gasteiger partial charge on any atom is -0.361 e. The summed E-state index contributed by atoms with van der Waals surface area (Å²) >= 11 is 16.3. The number of nitrogens with one attached hydrogen (secondary N) is 4. The van der Waals surface area contributed by atoms with Crippen LogP contribution in [0.1, 0.15) is 39.5 Å². The molecule has 0 saturated carbocycles. The van der Waals surface area contributed by atoms with E-state index in [0.717, 1.165) is 13.0 Å². The van der Waals surface area contributed by atoms with Gasteiger partial charge in [-0.2, -0.15) is 0 Å². The summed E-state index contributed by atoms with van der Waals surface area (Å²) in [5, 5.41) is 17.7. The molecule has 0 bridgehead atoms. The van der Waals surface area contributed by atoms with Crippen LogP contribution in [-0.2, 0) is 0 Å². The van der Waals surface area contributed by atoms with Crippen molar-refractivity contribution in [3.05, 3.63) is 33.3 Å². The van der Waals surface area contributed by atoms with Gasteiger partial charge in [-0.05, 0) is 42.8 Å². The van der Waals surface area contributed by atoms with Crippen molar-refractivity contribution in [2.24, 2.45) is 5.92 Å². The standard InChI is InChI=1S/C16H24ClN5O2S2/c1-3-4-5-6-11(2)10-18-15(25)20-21-16(26)19-14-9-12(22(23)24)7-8-13(14)17/h7-9,11H,3-6,10H2,1-2H3,(H2,18,20,25)(H2,19,21,26)/t11-/m0/s1. The molecular formula is C16H24ClN5O2S2. The highest BCUT2D eigenvalue weighted by Gasteiger charge is 2.11. The zero-order valence-corrected chi connectivity index (χ0v) is 17.2. The lowest BCUT2D eigenvalue weighted by molar-refractivity contribution is -0.384. The van der Waals surface area contributed by atoms with E-state index in [1.807, 2.05) is 0 Å². The van der Waals surface area contributed by atoms with Crippen LogP contribution in [0.2, 0.25) is 5.02 Å². The fraction of sp³-hybridized carbons (Fsp3) is 0.500. The van der Waals surface area contributed by atoms with E-state index in [1.165, 1.54) is 37.5 Å². The van der Waals surface area contributed by atoms with Crippen molar-refractivity contribution < 1.29 is 4.92 Å². The number of thiocarbonyl (C=S) groups is 2. The highest BCUT2D eigenvalue weighted by molar-refractivity contribution is 7.80. The molecule has 7 nitrogen and oxygen atoms in total. The fourth-order valence-corrected chi connectivity index (χ4v) is 2.61. The molecule has 0 aliphatic heterocycles. The molecule has 0 spiro atoms. The van der Waals surface area contributed by atoms with E-state index >= 15 is 0 Å². The summed E-state index contributed by atoms with van der Waals surface area (Å²) in [4.78, 5) is 10.3.